The van der Waals surface area contributed by atoms with E-state index in [1.807, 2.05) is 18.7 Å². The third kappa shape index (κ3) is 3.28. The Labute approximate surface area is 113 Å². The SMILES string of the molecule is CCNc1nc(C)nc(NC2CCCSC2)c1C. The number of hydrogen-bond donors (Lipinski definition) is 2. The number of nitrogens with zero attached hydrogens (tertiary/aromatic N) is 2. The van der Waals surface area contributed by atoms with Crippen LogP contribution in [0.25, 0.3) is 0 Å². The molecule has 100 valence electrons. The van der Waals surface area contributed by atoms with E-state index in [1.54, 1.807) is 0 Å². The fourth-order valence-electron chi connectivity index (χ4n) is 2.16. The van der Waals surface area contributed by atoms with Gasteiger partial charge in [0, 0.05) is 23.9 Å². The maximum atomic E-state index is 4.54. The van der Waals surface area contributed by atoms with Crippen molar-refractivity contribution < 1.29 is 0 Å². The van der Waals surface area contributed by atoms with E-state index in [1.165, 1.54) is 24.3 Å². The van der Waals surface area contributed by atoms with Gasteiger partial charge in [0.2, 0.25) is 0 Å². The summed E-state index contributed by atoms with van der Waals surface area (Å²) in [5.74, 6) is 5.24. The largest absolute Gasteiger partial charge is 0.370 e. The Morgan fingerprint density at radius 3 is 2.72 bits per heavy atom. The van der Waals surface area contributed by atoms with E-state index in [-0.39, 0.29) is 0 Å². The van der Waals surface area contributed by atoms with Crippen LogP contribution in [0.1, 0.15) is 31.2 Å². The number of anilines is 2. The molecule has 0 spiro atoms. The highest BCUT2D eigenvalue weighted by Crippen LogP contribution is 2.24. The van der Waals surface area contributed by atoms with Crippen molar-refractivity contribution in [2.24, 2.45) is 0 Å². The molecule has 1 saturated heterocycles. The molecule has 1 aromatic heterocycles. The molecule has 1 fully saturated rings. The monoisotopic (exact) mass is 266 g/mol. The molecule has 2 N–H and O–H groups in total. The van der Waals surface area contributed by atoms with Crippen LogP contribution in [0.4, 0.5) is 11.6 Å². The van der Waals surface area contributed by atoms with Gasteiger partial charge in [-0.05, 0) is 39.4 Å². The highest BCUT2D eigenvalue weighted by Gasteiger charge is 2.16. The number of thioether (sulfide) groups is 1. The van der Waals surface area contributed by atoms with Gasteiger partial charge >= 0.3 is 0 Å². The van der Waals surface area contributed by atoms with E-state index in [4.69, 9.17) is 0 Å². The lowest BCUT2D eigenvalue weighted by Gasteiger charge is -2.24. The Hall–Kier alpha value is -0.970. The minimum atomic E-state index is 0.547. The maximum Gasteiger partial charge on any atom is 0.135 e. The fourth-order valence-corrected chi connectivity index (χ4v) is 3.23. The molecule has 0 aromatic carbocycles. The third-order valence-corrected chi connectivity index (χ3v) is 4.32. The first kappa shape index (κ1) is 13.5. The Morgan fingerprint density at radius 1 is 1.28 bits per heavy atom. The second kappa shape index (κ2) is 6.27. The minimum absolute atomic E-state index is 0.547. The smallest absolute Gasteiger partial charge is 0.135 e. The van der Waals surface area contributed by atoms with Gasteiger partial charge in [0.15, 0.2) is 0 Å². The second-order valence-corrected chi connectivity index (χ2v) is 5.83. The summed E-state index contributed by atoms with van der Waals surface area (Å²) in [6.45, 7) is 6.99. The molecule has 18 heavy (non-hydrogen) atoms. The molecule has 0 saturated carbocycles. The van der Waals surface area contributed by atoms with E-state index < -0.39 is 0 Å². The highest BCUT2D eigenvalue weighted by molar-refractivity contribution is 7.99. The van der Waals surface area contributed by atoms with Crippen LogP contribution in [0.2, 0.25) is 0 Å². The zero-order chi connectivity index (χ0) is 13.0. The van der Waals surface area contributed by atoms with Crippen LogP contribution >= 0.6 is 11.8 Å². The topological polar surface area (TPSA) is 49.8 Å². The van der Waals surface area contributed by atoms with Crippen LogP contribution in [-0.2, 0) is 0 Å². The molecule has 1 aliphatic rings. The van der Waals surface area contributed by atoms with E-state index in [0.717, 1.165) is 29.6 Å². The van der Waals surface area contributed by atoms with Crippen molar-refractivity contribution in [1.82, 2.24) is 9.97 Å². The molecule has 0 radical (unpaired) electrons. The molecule has 1 aromatic rings. The van der Waals surface area contributed by atoms with Gasteiger partial charge in [0.05, 0.1) is 0 Å². The summed E-state index contributed by atoms with van der Waals surface area (Å²) in [7, 11) is 0. The lowest BCUT2D eigenvalue weighted by Crippen LogP contribution is -2.27. The molecule has 5 heteroatoms. The molecule has 0 aliphatic carbocycles. The lowest BCUT2D eigenvalue weighted by molar-refractivity contribution is 0.680. The Morgan fingerprint density at radius 2 is 2.06 bits per heavy atom. The summed E-state index contributed by atoms with van der Waals surface area (Å²) >= 11 is 2.03. The number of rotatable bonds is 4. The lowest BCUT2D eigenvalue weighted by atomic mass is 10.2. The van der Waals surface area contributed by atoms with Crippen LogP contribution in [-0.4, -0.2) is 34.1 Å². The van der Waals surface area contributed by atoms with Crippen LogP contribution in [0, 0.1) is 13.8 Å². The van der Waals surface area contributed by atoms with Crippen molar-refractivity contribution in [2.75, 3.05) is 28.7 Å². The normalized spacial score (nSPS) is 19.6. The summed E-state index contributed by atoms with van der Waals surface area (Å²) in [6.07, 6.45) is 2.54. The highest BCUT2D eigenvalue weighted by atomic mass is 32.2. The van der Waals surface area contributed by atoms with E-state index >= 15 is 0 Å². The quantitative estimate of drug-likeness (QED) is 0.877. The molecule has 0 amide bonds. The van der Waals surface area contributed by atoms with Gasteiger partial charge in [0.1, 0.15) is 17.5 Å². The number of aryl methyl sites for hydroxylation is 1. The first-order chi connectivity index (χ1) is 8.70. The van der Waals surface area contributed by atoms with Crippen molar-refractivity contribution in [1.29, 1.82) is 0 Å². The number of hydrogen-bond acceptors (Lipinski definition) is 5. The predicted octanol–water partition coefficient (Wildman–Crippen LogP) is 2.83. The number of nitrogens with one attached hydrogen (secondary N) is 2. The molecule has 1 atom stereocenters. The van der Waals surface area contributed by atoms with Crippen molar-refractivity contribution in [3.63, 3.8) is 0 Å². The molecule has 2 rings (SSSR count). The third-order valence-electron chi connectivity index (χ3n) is 3.10. The average molecular weight is 266 g/mol. The van der Waals surface area contributed by atoms with Gasteiger partial charge < -0.3 is 10.6 Å². The summed E-state index contributed by atoms with van der Waals surface area (Å²) in [6, 6.07) is 0.547. The van der Waals surface area contributed by atoms with Crippen LogP contribution < -0.4 is 10.6 Å². The van der Waals surface area contributed by atoms with Gasteiger partial charge in [-0.25, -0.2) is 9.97 Å². The molecule has 1 aliphatic heterocycles. The zero-order valence-electron chi connectivity index (χ0n) is 11.4. The summed E-state index contributed by atoms with van der Waals surface area (Å²) < 4.78 is 0. The Kier molecular flexibility index (Phi) is 4.69. The van der Waals surface area contributed by atoms with Crippen LogP contribution in [0.5, 0.6) is 0 Å². The predicted molar refractivity (Wildman–Crippen MR) is 79.6 cm³/mol. The van der Waals surface area contributed by atoms with Gasteiger partial charge in [-0.15, -0.1) is 0 Å². The number of aromatic nitrogens is 2. The summed E-state index contributed by atoms with van der Waals surface area (Å²) in [5.41, 5.74) is 1.12. The minimum Gasteiger partial charge on any atom is -0.370 e. The first-order valence-electron chi connectivity index (χ1n) is 6.64. The Balaban J connectivity index is 2.15. The standard InChI is InChI=1S/C13H22N4S/c1-4-14-12-9(2)13(16-10(3)15-12)17-11-6-5-7-18-8-11/h11H,4-8H2,1-3H3,(H2,14,15,16,17). The summed E-state index contributed by atoms with van der Waals surface area (Å²) in [5, 5.41) is 6.87. The molecular weight excluding hydrogens is 244 g/mol. The van der Waals surface area contributed by atoms with Gasteiger partial charge in [-0.1, -0.05) is 0 Å². The molecule has 1 unspecified atom stereocenters. The molecular formula is C13H22N4S. The van der Waals surface area contributed by atoms with Gasteiger partial charge in [0.25, 0.3) is 0 Å². The van der Waals surface area contributed by atoms with Crippen molar-refractivity contribution in [3.05, 3.63) is 11.4 Å². The first-order valence-corrected chi connectivity index (χ1v) is 7.79. The fraction of sp³-hybridized carbons (Fsp3) is 0.692. The average Bonchev–Trinajstić information content (AvgIpc) is 2.36. The van der Waals surface area contributed by atoms with E-state index in [2.05, 4.69) is 34.4 Å². The Bertz CT molecular complexity index is 402. The second-order valence-electron chi connectivity index (χ2n) is 4.68. The summed E-state index contributed by atoms with van der Waals surface area (Å²) in [4.78, 5) is 8.99. The van der Waals surface area contributed by atoms with Crippen molar-refractivity contribution >= 4 is 23.4 Å². The van der Waals surface area contributed by atoms with Crippen LogP contribution in [0.15, 0.2) is 0 Å². The van der Waals surface area contributed by atoms with Gasteiger partial charge in [-0.3, -0.25) is 0 Å². The van der Waals surface area contributed by atoms with Crippen molar-refractivity contribution in [2.45, 2.75) is 39.7 Å². The van der Waals surface area contributed by atoms with E-state index in [9.17, 15) is 0 Å². The zero-order valence-corrected chi connectivity index (χ0v) is 12.2. The van der Waals surface area contributed by atoms with Crippen molar-refractivity contribution in [3.8, 4) is 0 Å². The van der Waals surface area contributed by atoms with Gasteiger partial charge in [-0.2, -0.15) is 11.8 Å². The maximum absolute atomic E-state index is 4.54. The molecule has 4 nitrogen and oxygen atoms in total. The molecule has 0 bridgehead atoms. The molecule has 2 heterocycles. The van der Waals surface area contributed by atoms with E-state index in [0.29, 0.717) is 6.04 Å². The van der Waals surface area contributed by atoms with Crippen LogP contribution in [0.3, 0.4) is 0 Å².